The molecule has 10 aromatic carbocycles. The second-order valence-electron chi connectivity index (χ2n) is 16.0. The summed E-state index contributed by atoms with van der Waals surface area (Å²) in [4.78, 5) is 15.4. The van der Waals surface area contributed by atoms with E-state index in [1.807, 2.05) is 24.3 Å². The molecule has 0 radical (unpaired) electrons. The van der Waals surface area contributed by atoms with Crippen LogP contribution in [0.1, 0.15) is 0 Å². The van der Waals surface area contributed by atoms with Crippen LogP contribution in [0.3, 0.4) is 0 Å². The third-order valence-corrected chi connectivity index (χ3v) is 11.9. The molecular weight excluding hydrogens is 775 g/mol. The summed E-state index contributed by atoms with van der Waals surface area (Å²) < 4.78 is 0. The Labute approximate surface area is 373 Å². The highest BCUT2D eigenvalue weighted by molar-refractivity contribution is 5.93. The van der Waals surface area contributed by atoms with Gasteiger partial charge in [0.15, 0.2) is 17.5 Å². The van der Waals surface area contributed by atoms with Gasteiger partial charge in [-0.2, -0.15) is 0 Å². The predicted octanol–water partition coefficient (Wildman–Crippen LogP) is 16.0. The molecule has 1 aromatic heterocycles. The highest BCUT2D eigenvalue weighted by Crippen LogP contribution is 2.39. The smallest absolute Gasteiger partial charge is 0.164 e. The summed E-state index contributed by atoms with van der Waals surface area (Å²) in [5.41, 5.74) is 16.6. The van der Waals surface area contributed by atoms with E-state index in [0.29, 0.717) is 17.5 Å². The van der Waals surface area contributed by atoms with Crippen molar-refractivity contribution in [2.24, 2.45) is 0 Å². The van der Waals surface area contributed by atoms with Gasteiger partial charge < -0.3 is 0 Å². The Morgan fingerprint density at radius 1 is 0.172 bits per heavy atom. The van der Waals surface area contributed by atoms with Gasteiger partial charge in [-0.25, -0.2) is 15.0 Å². The molecule has 300 valence electrons. The summed E-state index contributed by atoms with van der Waals surface area (Å²) in [6.45, 7) is 0. The highest BCUT2D eigenvalue weighted by Gasteiger charge is 2.17. The number of hydrogen-bond donors (Lipinski definition) is 0. The van der Waals surface area contributed by atoms with E-state index >= 15 is 0 Å². The van der Waals surface area contributed by atoms with Gasteiger partial charge >= 0.3 is 0 Å². The second kappa shape index (κ2) is 17.1. The van der Waals surface area contributed by atoms with Gasteiger partial charge in [0.2, 0.25) is 0 Å². The van der Waals surface area contributed by atoms with Crippen LogP contribution in [-0.2, 0) is 0 Å². The van der Waals surface area contributed by atoms with Crippen LogP contribution in [0, 0.1) is 0 Å². The Morgan fingerprint density at radius 3 is 1.12 bits per heavy atom. The van der Waals surface area contributed by atoms with Crippen LogP contribution in [0.15, 0.2) is 249 Å². The maximum atomic E-state index is 5.20. The van der Waals surface area contributed by atoms with Crippen LogP contribution in [0.4, 0.5) is 0 Å². The average Bonchev–Trinajstić information content (AvgIpc) is 3.39. The Hall–Kier alpha value is -8.53. The third-order valence-electron chi connectivity index (χ3n) is 11.9. The van der Waals surface area contributed by atoms with Gasteiger partial charge in [-0.05, 0) is 114 Å². The number of fused-ring (bicyclic) bond motifs is 1. The fourth-order valence-electron chi connectivity index (χ4n) is 8.58. The minimum Gasteiger partial charge on any atom is -0.208 e. The van der Waals surface area contributed by atoms with Gasteiger partial charge in [-0.15, -0.1) is 0 Å². The molecule has 0 aliphatic rings. The molecule has 0 atom stereocenters. The Morgan fingerprint density at radius 2 is 0.547 bits per heavy atom. The standard InChI is InChI=1S/C61H41N3/c1-5-16-42(17-6-1)50-26-15-27-52(37-50)60-62-59(48-23-11-4-12-24-48)63-61(64-60)53-34-35-57(58(41-53)51-33-30-45-22-13-14-25-49(45)36-51)47-31-28-46(29-32-47)56-39-54(43-18-7-2-8-19-43)38-55(40-56)44-20-9-3-10-21-44/h1-41H. The fourth-order valence-corrected chi connectivity index (χ4v) is 8.58. The van der Waals surface area contributed by atoms with Gasteiger partial charge in [0.05, 0.1) is 0 Å². The Kier molecular flexibility index (Phi) is 10.3. The van der Waals surface area contributed by atoms with Crippen molar-refractivity contribution in [3.8, 4) is 101 Å². The maximum absolute atomic E-state index is 5.20. The molecule has 64 heavy (non-hydrogen) atoms. The zero-order valence-corrected chi connectivity index (χ0v) is 35.0. The van der Waals surface area contributed by atoms with Crippen LogP contribution >= 0.6 is 0 Å². The van der Waals surface area contributed by atoms with Crippen molar-refractivity contribution in [3.63, 3.8) is 0 Å². The van der Waals surface area contributed by atoms with Gasteiger partial charge in [-0.1, -0.05) is 212 Å². The van der Waals surface area contributed by atoms with Crippen molar-refractivity contribution in [2.45, 2.75) is 0 Å². The summed E-state index contributed by atoms with van der Waals surface area (Å²) in [6.07, 6.45) is 0. The molecule has 0 unspecified atom stereocenters. The molecule has 0 N–H and O–H groups in total. The molecule has 0 spiro atoms. The predicted molar refractivity (Wildman–Crippen MR) is 266 cm³/mol. The first-order valence-electron chi connectivity index (χ1n) is 21.7. The minimum atomic E-state index is 0.616. The number of hydrogen-bond acceptors (Lipinski definition) is 3. The average molecular weight is 816 g/mol. The van der Waals surface area contributed by atoms with E-state index in [1.54, 1.807) is 0 Å². The molecule has 11 aromatic rings. The van der Waals surface area contributed by atoms with Crippen molar-refractivity contribution in [1.29, 1.82) is 0 Å². The van der Waals surface area contributed by atoms with Crippen molar-refractivity contribution in [1.82, 2.24) is 15.0 Å². The van der Waals surface area contributed by atoms with Crippen molar-refractivity contribution < 1.29 is 0 Å². The van der Waals surface area contributed by atoms with Crippen LogP contribution in [0.25, 0.3) is 112 Å². The van der Waals surface area contributed by atoms with Crippen LogP contribution in [0.2, 0.25) is 0 Å². The van der Waals surface area contributed by atoms with E-state index in [4.69, 9.17) is 15.0 Å². The van der Waals surface area contributed by atoms with Crippen LogP contribution in [-0.4, -0.2) is 15.0 Å². The molecule has 0 aliphatic heterocycles. The lowest BCUT2D eigenvalue weighted by atomic mass is 9.90. The normalized spacial score (nSPS) is 11.1. The zero-order chi connectivity index (χ0) is 42.7. The van der Waals surface area contributed by atoms with E-state index in [1.165, 1.54) is 38.6 Å². The van der Waals surface area contributed by atoms with E-state index in [-0.39, 0.29) is 0 Å². The molecular formula is C61H41N3. The van der Waals surface area contributed by atoms with Crippen molar-refractivity contribution in [3.05, 3.63) is 249 Å². The van der Waals surface area contributed by atoms with Crippen LogP contribution < -0.4 is 0 Å². The van der Waals surface area contributed by atoms with E-state index in [0.717, 1.165) is 55.6 Å². The highest BCUT2D eigenvalue weighted by atomic mass is 15.0. The summed E-state index contributed by atoms with van der Waals surface area (Å²) in [7, 11) is 0. The quantitative estimate of drug-likeness (QED) is 0.146. The number of aromatic nitrogens is 3. The molecule has 11 rings (SSSR count). The summed E-state index contributed by atoms with van der Waals surface area (Å²) in [6, 6.07) is 88.1. The lowest BCUT2D eigenvalue weighted by Gasteiger charge is -2.15. The van der Waals surface area contributed by atoms with Crippen molar-refractivity contribution in [2.75, 3.05) is 0 Å². The molecule has 0 bridgehead atoms. The first kappa shape index (κ1) is 38.4. The summed E-state index contributed by atoms with van der Waals surface area (Å²) in [5.74, 6) is 1.87. The topological polar surface area (TPSA) is 38.7 Å². The number of rotatable bonds is 9. The van der Waals surface area contributed by atoms with Crippen molar-refractivity contribution >= 4 is 10.8 Å². The molecule has 0 saturated carbocycles. The fraction of sp³-hybridized carbons (Fsp3) is 0. The number of benzene rings is 10. The lowest BCUT2D eigenvalue weighted by Crippen LogP contribution is -2.00. The Bertz CT molecular complexity index is 3340. The zero-order valence-electron chi connectivity index (χ0n) is 35.0. The van der Waals surface area contributed by atoms with E-state index < -0.39 is 0 Å². The van der Waals surface area contributed by atoms with Gasteiger partial charge in [0.1, 0.15) is 0 Å². The largest absolute Gasteiger partial charge is 0.208 e. The minimum absolute atomic E-state index is 0.616. The molecule has 3 nitrogen and oxygen atoms in total. The molecule has 0 amide bonds. The Balaban J connectivity index is 1.04. The summed E-state index contributed by atoms with van der Waals surface area (Å²) in [5, 5.41) is 2.39. The maximum Gasteiger partial charge on any atom is 0.164 e. The molecule has 3 heteroatoms. The first-order chi connectivity index (χ1) is 31.7. The van der Waals surface area contributed by atoms with Gasteiger partial charge in [-0.3, -0.25) is 0 Å². The first-order valence-corrected chi connectivity index (χ1v) is 21.7. The molecule has 0 saturated heterocycles. The van der Waals surface area contributed by atoms with Gasteiger partial charge in [0, 0.05) is 16.7 Å². The molecule has 1 heterocycles. The van der Waals surface area contributed by atoms with E-state index in [2.05, 4.69) is 224 Å². The monoisotopic (exact) mass is 815 g/mol. The third kappa shape index (κ3) is 7.90. The lowest BCUT2D eigenvalue weighted by molar-refractivity contribution is 1.07. The summed E-state index contributed by atoms with van der Waals surface area (Å²) >= 11 is 0. The molecule has 0 aliphatic carbocycles. The second-order valence-corrected chi connectivity index (χ2v) is 16.0. The van der Waals surface area contributed by atoms with Gasteiger partial charge in [0.25, 0.3) is 0 Å². The number of nitrogens with zero attached hydrogens (tertiary/aromatic N) is 3. The molecule has 0 fully saturated rings. The SMILES string of the molecule is c1ccc(-c2cc(-c3ccccc3)cc(-c3ccc(-c4ccc(-c5nc(-c6ccccc6)nc(-c6cccc(-c7ccccc7)c6)n5)cc4-c4ccc5ccccc5c4)cc3)c2)cc1. The van der Waals surface area contributed by atoms with Crippen LogP contribution in [0.5, 0.6) is 0 Å². The van der Waals surface area contributed by atoms with E-state index in [9.17, 15) is 0 Å².